The molecule has 0 saturated carbocycles. The molecule has 2 aromatic rings. The second-order valence-corrected chi connectivity index (χ2v) is 10.8. The van der Waals surface area contributed by atoms with Crippen LogP contribution < -0.4 is 0 Å². The van der Waals surface area contributed by atoms with Gasteiger partial charge in [-0.3, -0.25) is 9.69 Å². The van der Waals surface area contributed by atoms with Crippen LogP contribution in [0.3, 0.4) is 0 Å². The van der Waals surface area contributed by atoms with Crippen LogP contribution in [0.25, 0.3) is 0 Å². The number of nitrogens with zero attached hydrogens (tertiary/aromatic N) is 3. The molecule has 0 spiro atoms. The predicted octanol–water partition coefficient (Wildman–Crippen LogP) is 3.25. The number of piperidine rings is 1. The Labute approximate surface area is 191 Å². The van der Waals surface area contributed by atoms with E-state index in [-0.39, 0.29) is 16.8 Å². The molecular formula is C25H33N3O3S. The summed E-state index contributed by atoms with van der Waals surface area (Å²) < 4.78 is 27.2. The first-order chi connectivity index (χ1) is 15.4. The number of carbonyl (C=O) groups excluding carboxylic acids is 1. The predicted molar refractivity (Wildman–Crippen MR) is 126 cm³/mol. The van der Waals surface area contributed by atoms with Gasteiger partial charge in [0, 0.05) is 50.9 Å². The highest BCUT2D eigenvalue weighted by Crippen LogP contribution is 2.22. The summed E-state index contributed by atoms with van der Waals surface area (Å²) in [7, 11) is -3.47. The van der Waals surface area contributed by atoms with Gasteiger partial charge in [-0.05, 0) is 56.0 Å². The average Bonchev–Trinajstić information content (AvgIpc) is 2.84. The lowest BCUT2D eigenvalue weighted by Gasteiger charge is -2.40. The largest absolute Gasteiger partial charge is 0.336 e. The third kappa shape index (κ3) is 5.22. The number of carbonyl (C=O) groups is 1. The highest BCUT2D eigenvalue weighted by atomic mass is 32.2. The summed E-state index contributed by atoms with van der Waals surface area (Å²) in [5.41, 5.74) is 1.88. The van der Waals surface area contributed by atoms with E-state index in [4.69, 9.17) is 0 Å². The zero-order chi connectivity index (χ0) is 22.6. The van der Waals surface area contributed by atoms with Crippen LogP contribution >= 0.6 is 0 Å². The highest BCUT2D eigenvalue weighted by molar-refractivity contribution is 7.89. The van der Waals surface area contributed by atoms with Crippen molar-refractivity contribution in [3.63, 3.8) is 0 Å². The van der Waals surface area contributed by atoms with Crippen molar-refractivity contribution in [2.45, 2.75) is 43.5 Å². The van der Waals surface area contributed by atoms with Crippen molar-refractivity contribution in [1.82, 2.24) is 14.1 Å². The second kappa shape index (κ2) is 10.1. The summed E-state index contributed by atoms with van der Waals surface area (Å²) in [4.78, 5) is 17.6. The summed E-state index contributed by atoms with van der Waals surface area (Å²) in [6.07, 6.45) is 3.90. The normalized spacial score (nSPS) is 20.9. The van der Waals surface area contributed by atoms with E-state index in [2.05, 4.69) is 36.1 Å². The Balaban J connectivity index is 1.34. The molecule has 2 aliphatic rings. The minimum absolute atomic E-state index is 0.0264. The Morgan fingerprint density at radius 2 is 1.59 bits per heavy atom. The Hall–Kier alpha value is -2.22. The summed E-state index contributed by atoms with van der Waals surface area (Å²) in [6.45, 7) is 6.52. The molecule has 0 bridgehead atoms. The van der Waals surface area contributed by atoms with Gasteiger partial charge in [-0.15, -0.1) is 0 Å². The van der Waals surface area contributed by atoms with E-state index in [0.717, 1.165) is 38.8 Å². The first kappa shape index (κ1) is 23.0. The molecule has 0 aromatic heterocycles. The molecule has 172 valence electrons. The molecular weight excluding hydrogens is 422 g/mol. The lowest BCUT2D eigenvalue weighted by atomic mass is 10.1. The van der Waals surface area contributed by atoms with Crippen LogP contribution in [0.15, 0.2) is 59.5 Å². The third-order valence-corrected chi connectivity index (χ3v) is 8.55. The molecule has 2 saturated heterocycles. The zero-order valence-corrected chi connectivity index (χ0v) is 19.6. The van der Waals surface area contributed by atoms with Gasteiger partial charge in [-0.2, -0.15) is 4.31 Å². The molecule has 6 nitrogen and oxygen atoms in total. The quantitative estimate of drug-likeness (QED) is 0.671. The third-order valence-electron chi connectivity index (χ3n) is 6.64. The maximum Gasteiger partial charge on any atom is 0.253 e. The topological polar surface area (TPSA) is 60.9 Å². The Bertz CT molecular complexity index is 1000. The van der Waals surface area contributed by atoms with Crippen molar-refractivity contribution in [3.8, 4) is 0 Å². The summed E-state index contributed by atoms with van der Waals surface area (Å²) in [6, 6.07) is 17.2. The fourth-order valence-electron chi connectivity index (χ4n) is 4.64. The summed E-state index contributed by atoms with van der Waals surface area (Å²) >= 11 is 0. The van der Waals surface area contributed by atoms with E-state index in [0.29, 0.717) is 31.7 Å². The fraction of sp³-hybridized carbons (Fsp3) is 0.480. The number of benzene rings is 2. The molecule has 0 radical (unpaired) electrons. The maximum absolute atomic E-state index is 13.0. The average molecular weight is 456 g/mol. The summed E-state index contributed by atoms with van der Waals surface area (Å²) in [5, 5.41) is 0. The second-order valence-electron chi connectivity index (χ2n) is 8.86. The zero-order valence-electron chi connectivity index (χ0n) is 18.8. The standard InChI is InChI=1S/C25H33N3O3S/c1-21-20-27(19-18-26(21)17-14-22-8-4-2-5-9-22)25(29)23-10-12-24(13-11-23)32(30,31)28-15-6-3-7-16-28/h2,4-5,8-13,21H,3,6-7,14-20H2,1H3. The number of hydrogen-bond donors (Lipinski definition) is 0. The van der Waals surface area contributed by atoms with Crippen molar-refractivity contribution < 1.29 is 13.2 Å². The van der Waals surface area contributed by atoms with Crippen molar-refractivity contribution >= 4 is 15.9 Å². The molecule has 2 fully saturated rings. The molecule has 4 rings (SSSR count). The van der Waals surface area contributed by atoms with Gasteiger partial charge in [0.15, 0.2) is 0 Å². The van der Waals surface area contributed by atoms with Crippen molar-refractivity contribution in [2.24, 2.45) is 0 Å². The number of rotatable bonds is 6. The molecule has 32 heavy (non-hydrogen) atoms. The van der Waals surface area contributed by atoms with Crippen LogP contribution in [0.4, 0.5) is 0 Å². The van der Waals surface area contributed by atoms with E-state index in [1.54, 1.807) is 28.6 Å². The van der Waals surface area contributed by atoms with Crippen LogP contribution in [-0.2, 0) is 16.4 Å². The SMILES string of the molecule is CC1CN(C(=O)c2ccc(S(=O)(=O)N3CCCCC3)cc2)CCN1CCc1ccccc1. The van der Waals surface area contributed by atoms with Gasteiger partial charge in [0.1, 0.15) is 0 Å². The van der Waals surface area contributed by atoms with Crippen molar-refractivity contribution in [3.05, 3.63) is 65.7 Å². The Morgan fingerprint density at radius 1 is 0.906 bits per heavy atom. The molecule has 2 aromatic carbocycles. The molecule has 2 heterocycles. The first-order valence-corrected chi connectivity index (χ1v) is 13.1. The molecule has 1 unspecified atom stereocenters. The minimum Gasteiger partial charge on any atom is -0.336 e. The maximum atomic E-state index is 13.0. The number of sulfonamides is 1. The van der Waals surface area contributed by atoms with Crippen molar-refractivity contribution in [2.75, 3.05) is 39.3 Å². The van der Waals surface area contributed by atoms with Gasteiger partial charge in [0.25, 0.3) is 5.91 Å². The van der Waals surface area contributed by atoms with E-state index in [1.807, 2.05) is 11.0 Å². The Morgan fingerprint density at radius 3 is 2.25 bits per heavy atom. The Kier molecular flexibility index (Phi) is 7.28. The smallest absolute Gasteiger partial charge is 0.253 e. The van der Waals surface area contributed by atoms with Crippen LogP contribution in [0.2, 0.25) is 0 Å². The van der Waals surface area contributed by atoms with Crippen LogP contribution in [-0.4, -0.2) is 73.7 Å². The lowest BCUT2D eigenvalue weighted by Crippen LogP contribution is -2.54. The molecule has 1 atom stereocenters. The number of amides is 1. The molecule has 2 aliphatic heterocycles. The monoisotopic (exact) mass is 455 g/mol. The van der Waals surface area contributed by atoms with Gasteiger partial charge < -0.3 is 4.90 Å². The van der Waals surface area contributed by atoms with Gasteiger partial charge >= 0.3 is 0 Å². The van der Waals surface area contributed by atoms with E-state index < -0.39 is 10.0 Å². The van der Waals surface area contributed by atoms with Gasteiger partial charge in [0.2, 0.25) is 10.0 Å². The van der Waals surface area contributed by atoms with Gasteiger partial charge in [-0.1, -0.05) is 36.8 Å². The fourth-order valence-corrected chi connectivity index (χ4v) is 6.15. The molecule has 7 heteroatoms. The van der Waals surface area contributed by atoms with Crippen LogP contribution in [0.5, 0.6) is 0 Å². The molecule has 1 amide bonds. The van der Waals surface area contributed by atoms with Gasteiger partial charge in [0.05, 0.1) is 4.90 Å². The highest BCUT2D eigenvalue weighted by Gasteiger charge is 2.29. The van der Waals surface area contributed by atoms with Gasteiger partial charge in [-0.25, -0.2) is 8.42 Å². The molecule has 0 aliphatic carbocycles. The van der Waals surface area contributed by atoms with E-state index in [1.165, 1.54) is 5.56 Å². The first-order valence-electron chi connectivity index (χ1n) is 11.6. The van der Waals surface area contributed by atoms with Crippen LogP contribution in [0.1, 0.15) is 42.1 Å². The molecule has 0 N–H and O–H groups in total. The van der Waals surface area contributed by atoms with E-state index >= 15 is 0 Å². The summed E-state index contributed by atoms with van der Waals surface area (Å²) in [5.74, 6) is -0.0264. The van der Waals surface area contributed by atoms with Crippen LogP contribution in [0, 0.1) is 0 Å². The van der Waals surface area contributed by atoms with Crippen molar-refractivity contribution in [1.29, 1.82) is 0 Å². The van der Waals surface area contributed by atoms with E-state index in [9.17, 15) is 13.2 Å². The number of hydrogen-bond acceptors (Lipinski definition) is 4. The minimum atomic E-state index is -3.47. The number of piperazine rings is 1. The lowest BCUT2D eigenvalue weighted by molar-refractivity contribution is 0.0518.